The molecule has 0 saturated heterocycles. The highest BCUT2D eigenvalue weighted by Gasteiger charge is 2.11. The molecule has 2 rings (SSSR count). The number of aryl methyl sites for hydroxylation is 1. The van der Waals surface area contributed by atoms with Gasteiger partial charge < -0.3 is 15.5 Å². The first kappa shape index (κ1) is 11.0. The average molecular weight is 218 g/mol. The summed E-state index contributed by atoms with van der Waals surface area (Å²) < 4.78 is 5.35. The number of benzene rings is 1. The van der Waals surface area contributed by atoms with Crippen LogP contribution in [-0.2, 0) is 0 Å². The van der Waals surface area contributed by atoms with Gasteiger partial charge in [-0.1, -0.05) is 13.0 Å². The Balaban J connectivity index is 2.63. The first-order chi connectivity index (χ1) is 7.67. The van der Waals surface area contributed by atoms with Crippen LogP contribution in [0.15, 0.2) is 18.2 Å². The Hall–Kier alpha value is -1.48. The molecule has 0 aliphatic carbocycles. The van der Waals surface area contributed by atoms with Crippen molar-refractivity contribution in [2.24, 2.45) is 5.73 Å². The Morgan fingerprint density at radius 3 is 2.81 bits per heavy atom. The van der Waals surface area contributed by atoms with Crippen LogP contribution in [0.1, 0.15) is 24.1 Å². The first-order valence-electron chi connectivity index (χ1n) is 5.53. The van der Waals surface area contributed by atoms with Crippen LogP contribution in [0, 0.1) is 6.92 Å². The number of ether oxygens (including phenoxy) is 1. The van der Waals surface area contributed by atoms with E-state index in [0.29, 0.717) is 12.5 Å². The van der Waals surface area contributed by atoms with Crippen LogP contribution < -0.4 is 10.5 Å². The minimum absolute atomic E-state index is 0.344. The zero-order valence-electron chi connectivity index (χ0n) is 10.0. The zero-order valence-corrected chi connectivity index (χ0v) is 10.0. The third-order valence-corrected chi connectivity index (χ3v) is 3.10. The second-order valence-corrected chi connectivity index (χ2v) is 4.23. The summed E-state index contributed by atoms with van der Waals surface area (Å²) in [7, 11) is 1.69. The lowest BCUT2D eigenvalue weighted by molar-refractivity contribution is 0.419. The van der Waals surface area contributed by atoms with E-state index in [1.807, 2.05) is 6.07 Å². The largest absolute Gasteiger partial charge is 0.495 e. The van der Waals surface area contributed by atoms with Crippen LogP contribution in [0.3, 0.4) is 0 Å². The van der Waals surface area contributed by atoms with Crippen molar-refractivity contribution >= 4 is 10.9 Å². The molecule has 1 unspecified atom stereocenters. The molecule has 0 aliphatic rings. The van der Waals surface area contributed by atoms with Crippen molar-refractivity contribution in [3.63, 3.8) is 0 Å². The summed E-state index contributed by atoms with van der Waals surface area (Å²) in [6.45, 7) is 4.87. The Bertz CT molecular complexity index is 502. The summed E-state index contributed by atoms with van der Waals surface area (Å²) in [4.78, 5) is 3.40. The molecule has 1 heterocycles. The molecule has 0 saturated carbocycles. The summed E-state index contributed by atoms with van der Waals surface area (Å²) in [5.41, 5.74) is 9.17. The van der Waals surface area contributed by atoms with Crippen LogP contribution in [0.4, 0.5) is 0 Å². The number of hydrogen-bond donors (Lipinski definition) is 2. The maximum Gasteiger partial charge on any atom is 0.142 e. The Labute approximate surface area is 95.6 Å². The number of rotatable bonds is 3. The SMILES string of the molecule is COc1ccc(C)c2cc(C(C)CN)[nH]c12. The second-order valence-electron chi connectivity index (χ2n) is 4.23. The highest BCUT2D eigenvalue weighted by atomic mass is 16.5. The molecular formula is C13H18N2O. The van der Waals surface area contributed by atoms with Crippen molar-refractivity contribution in [1.29, 1.82) is 0 Å². The molecule has 86 valence electrons. The van der Waals surface area contributed by atoms with Gasteiger partial charge >= 0.3 is 0 Å². The van der Waals surface area contributed by atoms with E-state index in [9.17, 15) is 0 Å². The van der Waals surface area contributed by atoms with E-state index in [2.05, 4.69) is 31.0 Å². The number of aromatic nitrogens is 1. The fourth-order valence-corrected chi connectivity index (χ4v) is 1.92. The van der Waals surface area contributed by atoms with Crippen molar-refractivity contribution in [1.82, 2.24) is 4.98 Å². The number of methoxy groups -OCH3 is 1. The molecule has 3 N–H and O–H groups in total. The number of nitrogens with two attached hydrogens (primary N) is 1. The number of fused-ring (bicyclic) bond motifs is 1. The lowest BCUT2D eigenvalue weighted by Crippen LogP contribution is -2.08. The van der Waals surface area contributed by atoms with Gasteiger partial charge in [-0.25, -0.2) is 0 Å². The second kappa shape index (κ2) is 4.18. The summed E-state index contributed by atoms with van der Waals surface area (Å²) in [5.74, 6) is 1.23. The maximum atomic E-state index is 5.68. The van der Waals surface area contributed by atoms with Crippen LogP contribution >= 0.6 is 0 Å². The number of hydrogen-bond acceptors (Lipinski definition) is 2. The van der Waals surface area contributed by atoms with Crippen molar-refractivity contribution in [3.8, 4) is 5.75 Å². The van der Waals surface area contributed by atoms with Gasteiger partial charge in [-0.3, -0.25) is 0 Å². The van der Waals surface area contributed by atoms with Crippen LogP contribution in [0.25, 0.3) is 10.9 Å². The Kier molecular flexibility index (Phi) is 2.88. The van der Waals surface area contributed by atoms with Crippen molar-refractivity contribution in [3.05, 3.63) is 29.5 Å². The van der Waals surface area contributed by atoms with Gasteiger partial charge in [0.2, 0.25) is 0 Å². The predicted octanol–water partition coefficient (Wildman–Crippen LogP) is 2.55. The predicted molar refractivity (Wildman–Crippen MR) is 67.1 cm³/mol. The van der Waals surface area contributed by atoms with Gasteiger partial charge in [-0.15, -0.1) is 0 Å². The van der Waals surface area contributed by atoms with E-state index >= 15 is 0 Å². The normalized spacial score (nSPS) is 13.0. The van der Waals surface area contributed by atoms with Gasteiger partial charge in [0.05, 0.1) is 12.6 Å². The molecule has 0 spiro atoms. The third-order valence-electron chi connectivity index (χ3n) is 3.10. The van der Waals surface area contributed by atoms with E-state index < -0.39 is 0 Å². The van der Waals surface area contributed by atoms with Gasteiger partial charge in [-0.05, 0) is 24.6 Å². The molecule has 0 fully saturated rings. The van der Waals surface area contributed by atoms with Crippen LogP contribution in [0.2, 0.25) is 0 Å². The molecule has 0 aliphatic heterocycles. The maximum absolute atomic E-state index is 5.68. The smallest absolute Gasteiger partial charge is 0.142 e. The molecule has 1 atom stereocenters. The topological polar surface area (TPSA) is 51.0 Å². The highest BCUT2D eigenvalue weighted by molar-refractivity contribution is 5.89. The third kappa shape index (κ3) is 1.67. The van der Waals surface area contributed by atoms with Crippen molar-refractivity contribution < 1.29 is 4.74 Å². The summed E-state index contributed by atoms with van der Waals surface area (Å²) in [6, 6.07) is 6.24. The number of H-pyrrole nitrogens is 1. The molecule has 2 aromatic rings. The molecule has 0 radical (unpaired) electrons. The molecule has 3 heteroatoms. The molecule has 16 heavy (non-hydrogen) atoms. The monoisotopic (exact) mass is 218 g/mol. The summed E-state index contributed by atoms with van der Waals surface area (Å²) in [5, 5.41) is 1.22. The van der Waals surface area contributed by atoms with Gasteiger partial charge in [0.25, 0.3) is 0 Å². The molecule has 0 bridgehead atoms. The van der Waals surface area contributed by atoms with E-state index in [4.69, 9.17) is 10.5 Å². The lowest BCUT2D eigenvalue weighted by atomic mass is 10.1. The summed E-state index contributed by atoms with van der Waals surface area (Å²) in [6.07, 6.45) is 0. The molecule has 3 nitrogen and oxygen atoms in total. The van der Waals surface area contributed by atoms with E-state index in [1.54, 1.807) is 7.11 Å². The van der Waals surface area contributed by atoms with E-state index in [0.717, 1.165) is 11.3 Å². The number of aromatic amines is 1. The minimum atomic E-state index is 0.344. The highest BCUT2D eigenvalue weighted by Crippen LogP contribution is 2.30. The Morgan fingerprint density at radius 1 is 1.44 bits per heavy atom. The van der Waals surface area contributed by atoms with Gasteiger partial charge in [0.1, 0.15) is 5.75 Å². The molecule has 1 aromatic carbocycles. The van der Waals surface area contributed by atoms with Gasteiger partial charge in [0, 0.05) is 23.5 Å². The van der Waals surface area contributed by atoms with E-state index in [-0.39, 0.29) is 0 Å². The van der Waals surface area contributed by atoms with Crippen molar-refractivity contribution in [2.45, 2.75) is 19.8 Å². The van der Waals surface area contributed by atoms with Gasteiger partial charge in [-0.2, -0.15) is 0 Å². The number of nitrogens with one attached hydrogen (secondary N) is 1. The molecular weight excluding hydrogens is 200 g/mol. The molecule has 1 aromatic heterocycles. The van der Waals surface area contributed by atoms with Gasteiger partial charge in [0.15, 0.2) is 0 Å². The fraction of sp³-hybridized carbons (Fsp3) is 0.385. The molecule has 0 amide bonds. The average Bonchev–Trinajstić information content (AvgIpc) is 2.74. The Morgan fingerprint density at radius 2 is 2.19 bits per heavy atom. The quantitative estimate of drug-likeness (QED) is 0.831. The van der Waals surface area contributed by atoms with E-state index in [1.165, 1.54) is 16.6 Å². The fourth-order valence-electron chi connectivity index (χ4n) is 1.92. The van der Waals surface area contributed by atoms with Crippen molar-refractivity contribution in [2.75, 3.05) is 13.7 Å². The summed E-state index contributed by atoms with van der Waals surface area (Å²) >= 11 is 0. The zero-order chi connectivity index (χ0) is 11.7. The first-order valence-corrected chi connectivity index (χ1v) is 5.53. The standard InChI is InChI=1S/C13H18N2O/c1-8-4-5-12(16-3)13-10(8)6-11(15-13)9(2)7-14/h4-6,9,15H,7,14H2,1-3H3. The minimum Gasteiger partial charge on any atom is -0.495 e. The van der Waals surface area contributed by atoms with Crippen LogP contribution in [0.5, 0.6) is 5.75 Å². The lowest BCUT2D eigenvalue weighted by Gasteiger charge is -2.04. The van der Waals surface area contributed by atoms with Crippen LogP contribution in [-0.4, -0.2) is 18.6 Å².